The Labute approximate surface area is 123 Å². The summed E-state index contributed by atoms with van der Waals surface area (Å²) >= 11 is 1.77. The number of carbonyl (C=O) groups is 2. The topological polar surface area (TPSA) is 84.2 Å². The highest BCUT2D eigenvalue weighted by Crippen LogP contribution is 2.21. The lowest BCUT2D eigenvalue weighted by Gasteiger charge is -2.05. The molecule has 0 heterocycles. The third kappa shape index (κ3) is 7.16. The minimum Gasteiger partial charge on any atom is -0.326 e. The van der Waals surface area contributed by atoms with Crippen molar-refractivity contribution in [2.45, 2.75) is 37.5 Å². The molecule has 110 valence electrons. The van der Waals surface area contributed by atoms with Crippen LogP contribution in [0.15, 0.2) is 29.2 Å². The van der Waals surface area contributed by atoms with Crippen LogP contribution in [0.25, 0.3) is 0 Å². The zero-order valence-corrected chi connectivity index (χ0v) is 12.5. The lowest BCUT2D eigenvalue weighted by molar-refractivity contribution is -0.121. The molecule has 1 aromatic rings. The van der Waals surface area contributed by atoms with E-state index < -0.39 is 0 Å². The second-order valence-corrected chi connectivity index (χ2v) is 5.60. The maximum atomic E-state index is 10.9. The molecule has 0 unspecified atom stereocenters. The molecular weight excluding hydrogens is 274 g/mol. The first-order valence-corrected chi connectivity index (χ1v) is 7.60. The number of amides is 2. The van der Waals surface area contributed by atoms with Gasteiger partial charge in [-0.25, -0.2) is 5.84 Å². The molecule has 0 fully saturated rings. The molecule has 0 radical (unpaired) electrons. The first-order chi connectivity index (χ1) is 9.61. The first-order valence-electron chi connectivity index (χ1n) is 6.61. The van der Waals surface area contributed by atoms with E-state index in [0.717, 1.165) is 30.7 Å². The summed E-state index contributed by atoms with van der Waals surface area (Å²) in [5.74, 6) is 5.85. The average molecular weight is 295 g/mol. The zero-order valence-electron chi connectivity index (χ0n) is 11.6. The van der Waals surface area contributed by atoms with Crippen molar-refractivity contribution in [3.8, 4) is 0 Å². The highest BCUT2D eigenvalue weighted by atomic mass is 32.2. The summed E-state index contributed by atoms with van der Waals surface area (Å²) in [6, 6.07) is 7.79. The fourth-order valence-electron chi connectivity index (χ4n) is 1.66. The van der Waals surface area contributed by atoms with Gasteiger partial charge in [-0.3, -0.25) is 15.0 Å². The molecule has 5 nitrogen and oxygen atoms in total. The molecule has 0 aliphatic carbocycles. The number of nitrogens with two attached hydrogens (primary N) is 1. The van der Waals surface area contributed by atoms with Gasteiger partial charge in [0.25, 0.3) is 0 Å². The van der Waals surface area contributed by atoms with Crippen LogP contribution >= 0.6 is 11.8 Å². The van der Waals surface area contributed by atoms with Gasteiger partial charge in [0.05, 0.1) is 0 Å². The van der Waals surface area contributed by atoms with E-state index in [0.29, 0.717) is 6.42 Å². The van der Waals surface area contributed by atoms with Crippen LogP contribution in [0.1, 0.15) is 32.6 Å². The molecule has 20 heavy (non-hydrogen) atoms. The van der Waals surface area contributed by atoms with Crippen LogP contribution in [0.5, 0.6) is 0 Å². The lowest BCUT2D eigenvalue weighted by atomic mass is 10.2. The Balaban J connectivity index is 2.16. The molecular formula is C14H21N3O2S. The largest absolute Gasteiger partial charge is 0.326 e. The van der Waals surface area contributed by atoms with Gasteiger partial charge in [0, 0.05) is 23.9 Å². The van der Waals surface area contributed by atoms with E-state index in [-0.39, 0.29) is 11.8 Å². The first kappa shape index (κ1) is 16.5. The predicted molar refractivity (Wildman–Crippen MR) is 82.3 cm³/mol. The summed E-state index contributed by atoms with van der Waals surface area (Å²) < 4.78 is 0. The van der Waals surface area contributed by atoms with E-state index >= 15 is 0 Å². The molecule has 0 atom stereocenters. The molecule has 0 aliphatic heterocycles. The van der Waals surface area contributed by atoms with Crippen molar-refractivity contribution in [3.63, 3.8) is 0 Å². The molecule has 2 amide bonds. The minimum atomic E-state index is -0.105. The predicted octanol–water partition coefficient (Wildman–Crippen LogP) is 2.29. The van der Waals surface area contributed by atoms with Gasteiger partial charge in [0.1, 0.15) is 0 Å². The van der Waals surface area contributed by atoms with E-state index in [1.54, 1.807) is 11.8 Å². The molecule has 0 spiro atoms. The quantitative estimate of drug-likeness (QED) is 0.226. The van der Waals surface area contributed by atoms with E-state index in [1.165, 1.54) is 11.8 Å². The van der Waals surface area contributed by atoms with Crippen LogP contribution in [0.3, 0.4) is 0 Å². The Morgan fingerprint density at radius 3 is 2.45 bits per heavy atom. The van der Waals surface area contributed by atoms with Gasteiger partial charge in [-0.2, -0.15) is 0 Å². The fraction of sp³-hybridized carbons (Fsp3) is 0.429. The maximum absolute atomic E-state index is 10.9. The van der Waals surface area contributed by atoms with Crippen molar-refractivity contribution in [2.75, 3.05) is 11.1 Å². The highest BCUT2D eigenvalue weighted by molar-refractivity contribution is 7.99. The van der Waals surface area contributed by atoms with Crippen LogP contribution in [0.4, 0.5) is 5.69 Å². The van der Waals surface area contributed by atoms with Crippen molar-refractivity contribution in [1.82, 2.24) is 5.43 Å². The molecule has 0 aliphatic rings. The van der Waals surface area contributed by atoms with Gasteiger partial charge in [0.15, 0.2) is 0 Å². The SMILES string of the molecule is CC(=O)Nc1ccc(SCCCCCC(=O)NN)cc1. The summed E-state index contributed by atoms with van der Waals surface area (Å²) in [7, 11) is 0. The van der Waals surface area contributed by atoms with E-state index in [2.05, 4.69) is 10.7 Å². The van der Waals surface area contributed by atoms with Crippen LogP contribution in [0, 0.1) is 0 Å². The van der Waals surface area contributed by atoms with Crippen LogP contribution < -0.4 is 16.6 Å². The third-order valence-corrected chi connectivity index (χ3v) is 3.75. The summed E-state index contributed by atoms with van der Waals surface area (Å²) in [6.07, 6.45) is 3.44. The molecule has 0 aromatic heterocycles. The van der Waals surface area contributed by atoms with E-state index in [1.807, 2.05) is 24.3 Å². The zero-order chi connectivity index (χ0) is 14.8. The van der Waals surface area contributed by atoms with Gasteiger partial charge in [-0.1, -0.05) is 6.42 Å². The van der Waals surface area contributed by atoms with Crippen LogP contribution in [-0.2, 0) is 9.59 Å². The number of benzene rings is 1. The standard InChI is InChI=1S/C14H21N3O2S/c1-11(18)16-12-6-8-13(9-7-12)20-10-4-2-3-5-14(19)17-15/h6-9H,2-5,10,15H2,1H3,(H,16,18)(H,17,19). The molecule has 0 bridgehead atoms. The molecule has 1 aromatic carbocycles. The highest BCUT2D eigenvalue weighted by Gasteiger charge is 1.99. The molecule has 4 N–H and O–H groups in total. The van der Waals surface area contributed by atoms with Gasteiger partial charge < -0.3 is 5.32 Å². The third-order valence-electron chi connectivity index (χ3n) is 2.65. The number of hydrogen-bond donors (Lipinski definition) is 3. The lowest BCUT2D eigenvalue weighted by Crippen LogP contribution is -2.29. The number of nitrogens with one attached hydrogen (secondary N) is 2. The van der Waals surface area contributed by atoms with E-state index in [9.17, 15) is 9.59 Å². The van der Waals surface area contributed by atoms with E-state index in [4.69, 9.17) is 5.84 Å². The van der Waals surface area contributed by atoms with Crippen molar-refractivity contribution in [2.24, 2.45) is 5.84 Å². The summed E-state index contributed by atoms with van der Waals surface area (Å²) in [4.78, 5) is 23.0. The van der Waals surface area contributed by atoms with Crippen molar-refractivity contribution in [3.05, 3.63) is 24.3 Å². The average Bonchev–Trinajstić information content (AvgIpc) is 2.43. The number of rotatable bonds is 8. The van der Waals surface area contributed by atoms with Crippen LogP contribution in [-0.4, -0.2) is 17.6 Å². The Bertz CT molecular complexity index is 435. The number of carbonyl (C=O) groups excluding carboxylic acids is 2. The van der Waals surface area contributed by atoms with Crippen molar-refractivity contribution < 1.29 is 9.59 Å². The summed E-state index contributed by atoms with van der Waals surface area (Å²) in [5, 5.41) is 2.74. The Kier molecular flexibility index (Phi) is 7.75. The number of unbranched alkanes of at least 4 members (excludes halogenated alkanes) is 2. The molecule has 0 saturated carbocycles. The monoisotopic (exact) mass is 295 g/mol. The summed E-state index contributed by atoms with van der Waals surface area (Å²) in [5.41, 5.74) is 2.94. The minimum absolute atomic E-state index is 0.0630. The van der Waals surface area contributed by atoms with Gasteiger partial charge in [-0.15, -0.1) is 11.8 Å². The van der Waals surface area contributed by atoms with Gasteiger partial charge >= 0.3 is 0 Å². The maximum Gasteiger partial charge on any atom is 0.233 e. The number of thioether (sulfide) groups is 1. The normalized spacial score (nSPS) is 10.1. The van der Waals surface area contributed by atoms with Crippen molar-refractivity contribution >= 4 is 29.3 Å². The smallest absolute Gasteiger partial charge is 0.233 e. The second kappa shape index (κ2) is 9.39. The van der Waals surface area contributed by atoms with Gasteiger partial charge in [0.2, 0.25) is 11.8 Å². The molecule has 0 saturated heterocycles. The number of hydrogen-bond acceptors (Lipinski definition) is 4. The number of hydrazine groups is 1. The Hall–Kier alpha value is -1.53. The Morgan fingerprint density at radius 2 is 1.85 bits per heavy atom. The molecule has 6 heteroatoms. The number of anilines is 1. The van der Waals surface area contributed by atoms with Gasteiger partial charge in [-0.05, 0) is 42.9 Å². The van der Waals surface area contributed by atoms with Crippen LogP contribution in [0.2, 0.25) is 0 Å². The van der Waals surface area contributed by atoms with Crippen molar-refractivity contribution in [1.29, 1.82) is 0 Å². The Morgan fingerprint density at radius 1 is 1.15 bits per heavy atom. The summed E-state index contributed by atoms with van der Waals surface area (Å²) in [6.45, 7) is 1.49. The fourth-order valence-corrected chi connectivity index (χ4v) is 2.58. The molecule has 1 rings (SSSR count). The second-order valence-electron chi connectivity index (χ2n) is 4.43.